The number of sulfonamides is 1. The molecule has 31 heavy (non-hydrogen) atoms. The van der Waals surface area contributed by atoms with E-state index in [0.717, 1.165) is 11.1 Å². The number of hydrogen-bond donors (Lipinski definition) is 1. The van der Waals surface area contributed by atoms with Crippen molar-refractivity contribution in [2.75, 3.05) is 25.5 Å². The van der Waals surface area contributed by atoms with Crippen LogP contribution in [0.1, 0.15) is 41.3 Å². The minimum Gasteiger partial charge on any atom is -0.497 e. The molecule has 0 aliphatic heterocycles. The minimum atomic E-state index is -4.14. The number of anilines is 1. The Morgan fingerprint density at radius 3 is 2.45 bits per heavy atom. The van der Waals surface area contributed by atoms with Gasteiger partial charge in [0.25, 0.3) is 10.0 Å². The molecule has 0 saturated carbocycles. The third kappa shape index (κ3) is 6.45. The van der Waals surface area contributed by atoms with Gasteiger partial charge in [0.1, 0.15) is 10.6 Å². The second kappa shape index (κ2) is 10.8. The summed E-state index contributed by atoms with van der Waals surface area (Å²) in [4.78, 5) is 23.5. The summed E-state index contributed by atoms with van der Waals surface area (Å²) in [5.41, 5.74) is 1.95. The summed E-state index contributed by atoms with van der Waals surface area (Å²) < 4.78 is 43.7. The van der Waals surface area contributed by atoms with Crippen LogP contribution in [0.4, 0.5) is 5.69 Å². The maximum Gasteiger partial charge on any atom is 0.339 e. The Labute approximate surface area is 182 Å². The molecule has 1 N–H and O–H groups in total. The van der Waals surface area contributed by atoms with E-state index < -0.39 is 16.0 Å². The third-order valence-electron chi connectivity index (χ3n) is 4.52. The Morgan fingerprint density at radius 1 is 1.06 bits per heavy atom. The minimum absolute atomic E-state index is 0.105. The monoisotopic (exact) mass is 449 g/mol. The van der Waals surface area contributed by atoms with Gasteiger partial charge in [0.15, 0.2) is 0 Å². The number of rotatable bonds is 10. The van der Waals surface area contributed by atoms with Gasteiger partial charge in [-0.05, 0) is 50.5 Å². The Morgan fingerprint density at radius 2 is 1.81 bits per heavy atom. The van der Waals surface area contributed by atoms with Crippen LogP contribution in [0.2, 0.25) is 0 Å². The summed E-state index contributed by atoms with van der Waals surface area (Å²) in [7, 11) is -1.56. The first-order chi connectivity index (χ1) is 14.7. The zero-order chi connectivity index (χ0) is 23.0. The van der Waals surface area contributed by atoms with Crippen LogP contribution in [-0.4, -0.2) is 41.2 Å². The second-order valence-corrected chi connectivity index (χ2v) is 8.43. The van der Waals surface area contributed by atoms with Crippen molar-refractivity contribution in [3.8, 4) is 5.75 Å². The molecule has 0 bridgehead atoms. The number of carbonyl (C=O) groups excluding carboxylic acids is 2. The molecule has 0 fully saturated rings. The maximum atomic E-state index is 13.2. The van der Waals surface area contributed by atoms with E-state index in [9.17, 15) is 18.0 Å². The fourth-order valence-electron chi connectivity index (χ4n) is 3.02. The molecule has 2 aromatic rings. The first kappa shape index (κ1) is 24.2. The van der Waals surface area contributed by atoms with E-state index in [2.05, 4.69) is 4.72 Å². The molecule has 0 unspecified atom stereocenters. The Balaban J connectivity index is 2.35. The van der Waals surface area contributed by atoms with E-state index in [4.69, 9.17) is 14.2 Å². The van der Waals surface area contributed by atoms with E-state index in [-0.39, 0.29) is 28.6 Å². The lowest BCUT2D eigenvalue weighted by Gasteiger charge is -2.16. The number of nitrogens with one attached hydrogen (secondary N) is 1. The van der Waals surface area contributed by atoms with Crippen molar-refractivity contribution in [2.45, 2.75) is 38.0 Å². The van der Waals surface area contributed by atoms with Gasteiger partial charge in [0, 0.05) is 12.5 Å². The average molecular weight is 450 g/mol. The number of hydrogen-bond acceptors (Lipinski definition) is 7. The zero-order valence-corrected chi connectivity index (χ0v) is 18.9. The molecule has 0 aliphatic carbocycles. The third-order valence-corrected chi connectivity index (χ3v) is 5.93. The molecule has 8 nitrogen and oxygen atoms in total. The number of esters is 2. The van der Waals surface area contributed by atoms with Gasteiger partial charge in [-0.3, -0.25) is 9.52 Å². The molecule has 0 heterocycles. The van der Waals surface area contributed by atoms with Crippen LogP contribution in [0.5, 0.6) is 5.75 Å². The van der Waals surface area contributed by atoms with Crippen LogP contribution in [0.25, 0.3) is 0 Å². The molecular weight excluding hydrogens is 422 g/mol. The smallest absolute Gasteiger partial charge is 0.339 e. The van der Waals surface area contributed by atoms with Crippen LogP contribution in [0.15, 0.2) is 41.3 Å². The van der Waals surface area contributed by atoms with Gasteiger partial charge < -0.3 is 14.2 Å². The van der Waals surface area contributed by atoms with Crippen LogP contribution in [-0.2, 0) is 30.7 Å². The standard InChI is InChI=1S/C22H27NO7S/c1-5-30-21(24)8-6-7-16-13-15(2)9-12-19(16)23-31(26,27)20-14-17(28-3)10-11-18(20)22(25)29-4/h9-14,23H,5-8H2,1-4H3. The molecule has 0 amide bonds. The van der Waals surface area contributed by atoms with E-state index in [1.54, 1.807) is 19.1 Å². The predicted octanol–water partition coefficient (Wildman–Crippen LogP) is 3.48. The summed E-state index contributed by atoms with van der Waals surface area (Å²) in [6.45, 7) is 3.95. The summed E-state index contributed by atoms with van der Waals surface area (Å²) in [6, 6.07) is 9.38. The van der Waals surface area contributed by atoms with Crippen molar-refractivity contribution < 1.29 is 32.2 Å². The van der Waals surface area contributed by atoms with Gasteiger partial charge in [0.2, 0.25) is 0 Å². The average Bonchev–Trinajstić information content (AvgIpc) is 2.74. The highest BCUT2D eigenvalue weighted by molar-refractivity contribution is 7.92. The normalized spacial score (nSPS) is 11.0. The van der Waals surface area contributed by atoms with Crippen LogP contribution < -0.4 is 9.46 Å². The Kier molecular flexibility index (Phi) is 8.44. The van der Waals surface area contributed by atoms with Crippen LogP contribution in [0, 0.1) is 6.92 Å². The van der Waals surface area contributed by atoms with Crippen LogP contribution in [0.3, 0.4) is 0 Å². The lowest BCUT2D eigenvalue weighted by molar-refractivity contribution is -0.143. The molecule has 0 saturated heterocycles. The van der Waals surface area contributed by atoms with E-state index in [1.807, 2.05) is 13.0 Å². The number of ether oxygens (including phenoxy) is 3. The first-order valence-corrected chi connectivity index (χ1v) is 11.2. The predicted molar refractivity (Wildman–Crippen MR) is 116 cm³/mol. The highest BCUT2D eigenvalue weighted by Gasteiger charge is 2.25. The van der Waals surface area contributed by atoms with Gasteiger partial charge >= 0.3 is 11.9 Å². The topological polar surface area (TPSA) is 108 Å². The molecule has 0 aromatic heterocycles. The molecule has 0 spiro atoms. The molecular formula is C22H27NO7S. The maximum absolute atomic E-state index is 13.2. The number of aryl methyl sites for hydroxylation is 2. The van der Waals surface area contributed by atoms with E-state index in [1.165, 1.54) is 32.4 Å². The van der Waals surface area contributed by atoms with Crippen molar-refractivity contribution in [3.05, 3.63) is 53.1 Å². The summed E-state index contributed by atoms with van der Waals surface area (Å²) in [5, 5.41) is 0. The number of carbonyl (C=O) groups is 2. The summed E-state index contributed by atoms with van der Waals surface area (Å²) in [6.07, 6.45) is 1.21. The van der Waals surface area contributed by atoms with Crippen LogP contribution >= 0.6 is 0 Å². The highest BCUT2D eigenvalue weighted by atomic mass is 32.2. The second-order valence-electron chi connectivity index (χ2n) is 6.78. The van der Waals surface area contributed by atoms with E-state index in [0.29, 0.717) is 25.1 Å². The van der Waals surface area contributed by atoms with Crippen molar-refractivity contribution in [1.82, 2.24) is 0 Å². The van der Waals surface area contributed by atoms with Gasteiger partial charge in [-0.25, -0.2) is 13.2 Å². The van der Waals surface area contributed by atoms with Gasteiger partial charge in [-0.2, -0.15) is 0 Å². The van der Waals surface area contributed by atoms with Gasteiger partial charge in [-0.15, -0.1) is 0 Å². The lowest BCUT2D eigenvalue weighted by Crippen LogP contribution is -2.18. The Hall–Kier alpha value is -3.07. The molecule has 168 valence electrons. The summed E-state index contributed by atoms with van der Waals surface area (Å²) in [5.74, 6) is -0.787. The van der Waals surface area contributed by atoms with E-state index >= 15 is 0 Å². The number of methoxy groups -OCH3 is 2. The van der Waals surface area contributed by atoms with Crippen molar-refractivity contribution in [2.24, 2.45) is 0 Å². The quantitative estimate of drug-likeness (QED) is 0.553. The summed E-state index contributed by atoms with van der Waals surface area (Å²) >= 11 is 0. The molecule has 0 aliphatic rings. The Bertz CT molecular complexity index is 1050. The van der Waals surface area contributed by atoms with Crippen molar-refractivity contribution >= 4 is 27.6 Å². The molecule has 2 aromatic carbocycles. The van der Waals surface area contributed by atoms with Crippen molar-refractivity contribution in [3.63, 3.8) is 0 Å². The fourth-order valence-corrected chi connectivity index (χ4v) is 4.33. The molecule has 9 heteroatoms. The SMILES string of the molecule is CCOC(=O)CCCc1cc(C)ccc1NS(=O)(=O)c1cc(OC)ccc1C(=O)OC. The zero-order valence-electron chi connectivity index (χ0n) is 18.1. The fraction of sp³-hybridized carbons (Fsp3) is 0.364. The highest BCUT2D eigenvalue weighted by Crippen LogP contribution is 2.27. The molecule has 0 atom stereocenters. The first-order valence-electron chi connectivity index (χ1n) is 9.76. The number of benzene rings is 2. The molecule has 0 radical (unpaired) electrons. The van der Waals surface area contributed by atoms with Gasteiger partial charge in [-0.1, -0.05) is 17.7 Å². The van der Waals surface area contributed by atoms with Crippen molar-refractivity contribution in [1.29, 1.82) is 0 Å². The lowest BCUT2D eigenvalue weighted by atomic mass is 10.0. The molecule has 2 rings (SSSR count). The van der Waals surface area contributed by atoms with Gasteiger partial charge in [0.05, 0.1) is 32.1 Å². The largest absolute Gasteiger partial charge is 0.497 e.